The number of nitrogens with one attached hydrogen (secondary N) is 1. The summed E-state index contributed by atoms with van der Waals surface area (Å²) in [6.07, 6.45) is 1.85. The Morgan fingerprint density at radius 1 is 0.871 bits per heavy atom. The number of Topliss-reactive ketones (excluding diaryl/α,β-unsaturated/α-hetero) is 1. The van der Waals surface area contributed by atoms with E-state index >= 15 is 0 Å². The summed E-state index contributed by atoms with van der Waals surface area (Å²) in [5.41, 5.74) is 2.47. The molecular formula is C22H25NO7S. The zero-order chi connectivity index (χ0) is 22.9. The molecule has 2 rings (SSSR count). The van der Waals surface area contributed by atoms with Gasteiger partial charge in [0.05, 0.1) is 0 Å². The van der Waals surface area contributed by atoms with Gasteiger partial charge in [-0.15, -0.1) is 0 Å². The third kappa shape index (κ3) is 8.31. The molecule has 1 atom stereocenters. The third-order valence-corrected chi connectivity index (χ3v) is 5.39. The number of unbranched alkanes of at least 4 members (excludes halogenated alkanes) is 2. The molecule has 166 valence electrons. The summed E-state index contributed by atoms with van der Waals surface area (Å²) in [4.78, 5) is 35.5. The van der Waals surface area contributed by atoms with E-state index in [-0.39, 0.29) is 12.2 Å². The summed E-state index contributed by atoms with van der Waals surface area (Å²) >= 11 is 0. The van der Waals surface area contributed by atoms with Crippen LogP contribution in [-0.4, -0.2) is 47.5 Å². The van der Waals surface area contributed by atoms with Gasteiger partial charge >= 0.3 is 5.97 Å². The fraction of sp³-hybridized carbons (Fsp3) is 0.318. The highest BCUT2D eigenvalue weighted by molar-refractivity contribution is 7.85. The van der Waals surface area contributed by atoms with E-state index in [0.717, 1.165) is 11.1 Å². The van der Waals surface area contributed by atoms with Gasteiger partial charge in [0.15, 0.2) is 5.78 Å². The van der Waals surface area contributed by atoms with Gasteiger partial charge in [-0.25, -0.2) is 4.79 Å². The number of rotatable bonds is 12. The number of amides is 1. The number of carboxylic acid groups (broad SMARTS) is 1. The lowest BCUT2D eigenvalue weighted by molar-refractivity contribution is -0.141. The second-order valence-electron chi connectivity index (χ2n) is 7.10. The van der Waals surface area contributed by atoms with Crippen LogP contribution in [0.15, 0.2) is 54.6 Å². The van der Waals surface area contributed by atoms with Crippen LogP contribution >= 0.6 is 0 Å². The standard InChI is InChI=1S/C22H25NO7S/c24-20(18-12-8-7-11-17(18)16-9-3-1-4-10-16)13-5-2-6-14-21(25)23-19(22(26)27)15-31(28,29)30/h1,3-4,7-12,19H,2,5-6,13-15H2,(H,23,25)(H,26,27)(H,28,29,30)/t19-/m0/s1. The molecule has 9 heteroatoms. The number of carboxylic acids is 1. The predicted molar refractivity (Wildman–Crippen MR) is 115 cm³/mol. The minimum atomic E-state index is -4.54. The Kier molecular flexibility index (Phi) is 8.89. The monoisotopic (exact) mass is 447 g/mol. The van der Waals surface area contributed by atoms with Crippen molar-refractivity contribution in [1.29, 1.82) is 0 Å². The quantitative estimate of drug-likeness (QED) is 0.258. The molecule has 0 aliphatic carbocycles. The maximum atomic E-state index is 12.7. The Bertz CT molecular complexity index is 1020. The Labute approximate surface area is 181 Å². The van der Waals surface area contributed by atoms with Gasteiger partial charge in [-0.3, -0.25) is 14.1 Å². The van der Waals surface area contributed by atoms with Gasteiger partial charge in [-0.05, 0) is 24.0 Å². The van der Waals surface area contributed by atoms with E-state index in [1.807, 2.05) is 48.5 Å². The predicted octanol–water partition coefficient (Wildman–Crippen LogP) is 2.94. The van der Waals surface area contributed by atoms with Gasteiger partial charge in [0.1, 0.15) is 11.8 Å². The van der Waals surface area contributed by atoms with Crippen molar-refractivity contribution in [3.63, 3.8) is 0 Å². The lowest BCUT2D eigenvalue weighted by Gasteiger charge is -2.12. The molecule has 0 bridgehead atoms. The minimum absolute atomic E-state index is 0.00278. The number of aliphatic carboxylic acids is 1. The number of benzene rings is 2. The van der Waals surface area contributed by atoms with E-state index in [1.54, 1.807) is 6.07 Å². The second kappa shape index (κ2) is 11.4. The van der Waals surface area contributed by atoms with Crippen LogP contribution in [0.2, 0.25) is 0 Å². The molecule has 0 aliphatic rings. The number of carbonyl (C=O) groups excluding carboxylic acids is 2. The normalized spacial score (nSPS) is 12.2. The first-order valence-electron chi connectivity index (χ1n) is 9.82. The summed E-state index contributed by atoms with van der Waals surface area (Å²) in [5, 5.41) is 11.0. The van der Waals surface area contributed by atoms with E-state index in [1.165, 1.54) is 0 Å². The summed E-state index contributed by atoms with van der Waals surface area (Å²) in [6.45, 7) is 0. The molecule has 0 saturated carbocycles. The van der Waals surface area contributed by atoms with Crippen LogP contribution in [0.4, 0.5) is 0 Å². The Morgan fingerprint density at radius 3 is 2.13 bits per heavy atom. The van der Waals surface area contributed by atoms with Gasteiger partial charge in [0, 0.05) is 18.4 Å². The van der Waals surface area contributed by atoms with E-state index in [2.05, 4.69) is 5.32 Å². The van der Waals surface area contributed by atoms with E-state index in [9.17, 15) is 22.8 Å². The Balaban J connectivity index is 1.80. The largest absolute Gasteiger partial charge is 0.480 e. The molecule has 0 aliphatic heterocycles. The van der Waals surface area contributed by atoms with Crippen molar-refractivity contribution >= 4 is 27.8 Å². The van der Waals surface area contributed by atoms with Crippen molar-refractivity contribution in [1.82, 2.24) is 5.32 Å². The zero-order valence-corrected chi connectivity index (χ0v) is 17.7. The van der Waals surface area contributed by atoms with Crippen molar-refractivity contribution in [3.8, 4) is 11.1 Å². The molecule has 31 heavy (non-hydrogen) atoms. The van der Waals surface area contributed by atoms with Crippen molar-refractivity contribution < 1.29 is 32.5 Å². The summed E-state index contributed by atoms with van der Waals surface area (Å²) < 4.78 is 30.4. The summed E-state index contributed by atoms with van der Waals surface area (Å²) in [7, 11) is -4.54. The Hall–Kier alpha value is -3.04. The topological polar surface area (TPSA) is 138 Å². The van der Waals surface area contributed by atoms with Gasteiger partial charge in [0.25, 0.3) is 10.1 Å². The third-order valence-electron chi connectivity index (χ3n) is 4.63. The highest BCUT2D eigenvalue weighted by Gasteiger charge is 2.25. The van der Waals surface area contributed by atoms with Crippen molar-refractivity contribution in [3.05, 3.63) is 60.2 Å². The fourth-order valence-corrected chi connectivity index (χ4v) is 3.78. The van der Waals surface area contributed by atoms with E-state index < -0.39 is 33.8 Å². The van der Waals surface area contributed by atoms with Gasteiger partial charge in [-0.1, -0.05) is 61.0 Å². The van der Waals surface area contributed by atoms with Crippen molar-refractivity contribution in [2.75, 3.05) is 5.75 Å². The van der Waals surface area contributed by atoms with Crippen LogP contribution in [0.5, 0.6) is 0 Å². The van der Waals surface area contributed by atoms with Crippen LogP contribution in [0.1, 0.15) is 42.5 Å². The highest BCUT2D eigenvalue weighted by Crippen LogP contribution is 2.25. The second-order valence-corrected chi connectivity index (χ2v) is 8.60. The molecule has 0 fully saturated rings. The molecule has 1 amide bonds. The first-order chi connectivity index (χ1) is 14.7. The lowest BCUT2D eigenvalue weighted by Crippen LogP contribution is -2.45. The van der Waals surface area contributed by atoms with Crippen LogP contribution < -0.4 is 5.32 Å². The van der Waals surface area contributed by atoms with Crippen molar-refractivity contribution in [2.24, 2.45) is 0 Å². The highest BCUT2D eigenvalue weighted by atomic mass is 32.2. The molecule has 0 unspecified atom stereocenters. The molecule has 0 saturated heterocycles. The molecule has 0 aromatic heterocycles. The SMILES string of the molecule is O=C(CCCCCC(=O)c1ccccc1-c1ccccc1)N[C@@H](CS(=O)(=O)O)C(=O)O. The molecule has 8 nitrogen and oxygen atoms in total. The summed E-state index contributed by atoms with van der Waals surface area (Å²) in [6, 6.07) is 15.3. The zero-order valence-electron chi connectivity index (χ0n) is 16.9. The van der Waals surface area contributed by atoms with Crippen molar-refractivity contribution in [2.45, 2.75) is 38.1 Å². The average molecular weight is 448 g/mol. The fourth-order valence-electron chi connectivity index (χ4n) is 3.13. The molecule has 0 spiro atoms. The molecule has 2 aromatic carbocycles. The van der Waals surface area contributed by atoms with Crippen LogP contribution in [0, 0.1) is 0 Å². The lowest BCUT2D eigenvalue weighted by atomic mass is 9.95. The van der Waals surface area contributed by atoms with Crippen LogP contribution in [0.25, 0.3) is 11.1 Å². The number of carbonyl (C=O) groups is 3. The molecule has 3 N–H and O–H groups in total. The minimum Gasteiger partial charge on any atom is -0.480 e. The molecule has 0 heterocycles. The number of hydrogen-bond donors (Lipinski definition) is 3. The van der Waals surface area contributed by atoms with Gasteiger partial charge in [0.2, 0.25) is 5.91 Å². The molecular weight excluding hydrogens is 422 g/mol. The number of ketones is 1. The molecule has 2 aromatic rings. The maximum absolute atomic E-state index is 12.7. The average Bonchev–Trinajstić information content (AvgIpc) is 2.72. The first kappa shape index (κ1) is 24.2. The molecule has 0 radical (unpaired) electrons. The van der Waals surface area contributed by atoms with Crippen LogP contribution in [0.3, 0.4) is 0 Å². The number of hydrogen-bond acceptors (Lipinski definition) is 5. The summed E-state index contributed by atoms with van der Waals surface area (Å²) in [5.74, 6) is -3.27. The maximum Gasteiger partial charge on any atom is 0.327 e. The first-order valence-corrected chi connectivity index (χ1v) is 11.4. The van der Waals surface area contributed by atoms with Gasteiger partial charge in [-0.2, -0.15) is 8.42 Å². The Morgan fingerprint density at radius 2 is 1.48 bits per heavy atom. The van der Waals surface area contributed by atoms with E-state index in [0.29, 0.717) is 31.2 Å². The van der Waals surface area contributed by atoms with E-state index in [4.69, 9.17) is 9.66 Å². The van der Waals surface area contributed by atoms with Gasteiger partial charge < -0.3 is 10.4 Å². The van der Waals surface area contributed by atoms with Crippen LogP contribution in [-0.2, 0) is 19.7 Å². The smallest absolute Gasteiger partial charge is 0.327 e.